The highest BCUT2D eigenvalue weighted by Crippen LogP contribution is 2.22. The van der Waals surface area contributed by atoms with Crippen molar-refractivity contribution >= 4 is 5.69 Å². The van der Waals surface area contributed by atoms with Gasteiger partial charge in [-0.05, 0) is 45.0 Å². The Labute approximate surface area is 95.5 Å². The minimum atomic E-state index is 0.0771. The van der Waals surface area contributed by atoms with Gasteiger partial charge in [0, 0.05) is 16.8 Å². The fourth-order valence-corrected chi connectivity index (χ4v) is 1.51. The quantitative estimate of drug-likeness (QED) is 0.834. The van der Waals surface area contributed by atoms with Gasteiger partial charge in [-0.15, -0.1) is 0 Å². The number of nitrogens with zero attached hydrogens (tertiary/aromatic N) is 1. The second kappa shape index (κ2) is 4.00. The zero-order valence-electron chi connectivity index (χ0n) is 9.82. The standard InChI is InChI=1S/C13H16N2O/c1-13(2,3)15-11-6-4-10(5-7-11)12-8-14-9-16-12/h4-9,15H,1-3H3. The van der Waals surface area contributed by atoms with Crippen LogP contribution in [0, 0.1) is 0 Å². The molecule has 1 aromatic heterocycles. The Morgan fingerprint density at radius 1 is 1.12 bits per heavy atom. The maximum Gasteiger partial charge on any atom is 0.181 e. The molecule has 0 saturated heterocycles. The van der Waals surface area contributed by atoms with Crippen LogP contribution in [-0.4, -0.2) is 10.5 Å². The molecular formula is C13H16N2O. The molecule has 0 aliphatic heterocycles. The van der Waals surface area contributed by atoms with Crippen LogP contribution >= 0.6 is 0 Å². The summed E-state index contributed by atoms with van der Waals surface area (Å²) in [6, 6.07) is 8.13. The molecule has 0 saturated carbocycles. The predicted molar refractivity (Wildman–Crippen MR) is 65.3 cm³/mol. The van der Waals surface area contributed by atoms with Crippen LogP contribution in [0.15, 0.2) is 41.3 Å². The van der Waals surface area contributed by atoms with Gasteiger partial charge in [0.25, 0.3) is 0 Å². The molecule has 0 atom stereocenters. The van der Waals surface area contributed by atoms with E-state index in [-0.39, 0.29) is 5.54 Å². The molecule has 0 bridgehead atoms. The molecule has 0 aliphatic rings. The first-order valence-electron chi connectivity index (χ1n) is 5.32. The predicted octanol–water partition coefficient (Wildman–Crippen LogP) is 3.55. The fraction of sp³-hybridized carbons (Fsp3) is 0.308. The van der Waals surface area contributed by atoms with E-state index in [0.29, 0.717) is 0 Å². The van der Waals surface area contributed by atoms with Crippen LogP contribution in [-0.2, 0) is 0 Å². The van der Waals surface area contributed by atoms with Gasteiger partial charge in [-0.25, -0.2) is 4.98 Å². The van der Waals surface area contributed by atoms with Crippen molar-refractivity contribution in [3.05, 3.63) is 36.9 Å². The highest BCUT2D eigenvalue weighted by atomic mass is 16.3. The van der Waals surface area contributed by atoms with Crippen molar-refractivity contribution in [2.24, 2.45) is 0 Å². The number of anilines is 1. The monoisotopic (exact) mass is 216 g/mol. The highest BCUT2D eigenvalue weighted by molar-refractivity contribution is 5.60. The summed E-state index contributed by atoms with van der Waals surface area (Å²) in [6.45, 7) is 6.41. The van der Waals surface area contributed by atoms with Gasteiger partial charge in [0.15, 0.2) is 12.2 Å². The molecule has 0 aliphatic carbocycles. The normalized spacial score (nSPS) is 11.4. The molecule has 0 amide bonds. The molecule has 0 radical (unpaired) electrons. The van der Waals surface area contributed by atoms with Gasteiger partial charge in [-0.1, -0.05) is 0 Å². The largest absolute Gasteiger partial charge is 0.444 e. The molecule has 0 unspecified atom stereocenters. The molecule has 3 heteroatoms. The Hall–Kier alpha value is -1.77. The summed E-state index contributed by atoms with van der Waals surface area (Å²) in [5.41, 5.74) is 2.22. The van der Waals surface area contributed by atoms with Gasteiger partial charge < -0.3 is 9.73 Å². The molecule has 2 aromatic rings. The number of hydrogen-bond donors (Lipinski definition) is 1. The average Bonchev–Trinajstić information content (AvgIpc) is 2.69. The molecule has 0 fully saturated rings. The van der Waals surface area contributed by atoms with E-state index in [2.05, 4.69) is 31.1 Å². The second-order valence-electron chi connectivity index (χ2n) is 4.82. The first-order chi connectivity index (χ1) is 7.54. The van der Waals surface area contributed by atoms with Crippen LogP contribution < -0.4 is 5.32 Å². The minimum Gasteiger partial charge on any atom is -0.444 e. The van der Waals surface area contributed by atoms with E-state index in [1.54, 1.807) is 6.20 Å². The van der Waals surface area contributed by atoms with Gasteiger partial charge in [0.1, 0.15) is 0 Å². The Balaban J connectivity index is 2.17. The number of benzene rings is 1. The van der Waals surface area contributed by atoms with Crippen LogP contribution in [0.2, 0.25) is 0 Å². The van der Waals surface area contributed by atoms with Crippen LogP contribution in [0.3, 0.4) is 0 Å². The fourth-order valence-electron chi connectivity index (χ4n) is 1.51. The average molecular weight is 216 g/mol. The Morgan fingerprint density at radius 2 is 1.81 bits per heavy atom. The van der Waals surface area contributed by atoms with Crippen LogP contribution in [0.4, 0.5) is 5.69 Å². The summed E-state index contributed by atoms with van der Waals surface area (Å²) >= 11 is 0. The van der Waals surface area contributed by atoms with E-state index in [0.717, 1.165) is 17.0 Å². The van der Waals surface area contributed by atoms with Crippen molar-refractivity contribution < 1.29 is 4.42 Å². The van der Waals surface area contributed by atoms with Crippen molar-refractivity contribution in [3.63, 3.8) is 0 Å². The summed E-state index contributed by atoms with van der Waals surface area (Å²) < 4.78 is 5.23. The maximum atomic E-state index is 5.23. The molecule has 3 nitrogen and oxygen atoms in total. The summed E-state index contributed by atoms with van der Waals surface area (Å²) in [5.74, 6) is 0.794. The number of rotatable bonds is 2. The first-order valence-corrected chi connectivity index (χ1v) is 5.32. The highest BCUT2D eigenvalue weighted by Gasteiger charge is 2.09. The maximum absolute atomic E-state index is 5.23. The van der Waals surface area contributed by atoms with Crippen molar-refractivity contribution in [3.8, 4) is 11.3 Å². The number of nitrogens with one attached hydrogen (secondary N) is 1. The Morgan fingerprint density at radius 3 is 2.31 bits per heavy atom. The van der Waals surface area contributed by atoms with E-state index >= 15 is 0 Å². The van der Waals surface area contributed by atoms with Gasteiger partial charge in [0.2, 0.25) is 0 Å². The van der Waals surface area contributed by atoms with E-state index in [1.165, 1.54) is 6.39 Å². The second-order valence-corrected chi connectivity index (χ2v) is 4.82. The van der Waals surface area contributed by atoms with Crippen LogP contribution in [0.5, 0.6) is 0 Å². The van der Waals surface area contributed by atoms with E-state index in [1.807, 2.05) is 24.3 Å². The molecule has 2 rings (SSSR count). The van der Waals surface area contributed by atoms with E-state index < -0.39 is 0 Å². The molecule has 0 spiro atoms. The smallest absolute Gasteiger partial charge is 0.181 e. The van der Waals surface area contributed by atoms with Crippen molar-refractivity contribution in [1.29, 1.82) is 0 Å². The number of aromatic nitrogens is 1. The summed E-state index contributed by atoms with van der Waals surface area (Å²) in [6.07, 6.45) is 3.16. The SMILES string of the molecule is CC(C)(C)Nc1ccc(-c2cnco2)cc1. The Bertz CT molecular complexity index is 438. The van der Waals surface area contributed by atoms with E-state index in [9.17, 15) is 0 Å². The van der Waals surface area contributed by atoms with Gasteiger partial charge in [-0.3, -0.25) is 0 Å². The number of oxazole rings is 1. The molecule has 1 N–H and O–H groups in total. The Kier molecular flexibility index (Phi) is 2.69. The van der Waals surface area contributed by atoms with Gasteiger partial charge in [0.05, 0.1) is 6.20 Å². The van der Waals surface area contributed by atoms with Crippen molar-refractivity contribution in [1.82, 2.24) is 4.98 Å². The summed E-state index contributed by atoms with van der Waals surface area (Å²) in [5, 5.41) is 3.41. The lowest BCUT2D eigenvalue weighted by atomic mass is 10.1. The molecule has 16 heavy (non-hydrogen) atoms. The number of hydrogen-bond acceptors (Lipinski definition) is 3. The molecular weight excluding hydrogens is 200 g/mol. The lowest BCUT2D eigenvalue weighted by molar-refractivity contribution is 0.572. The molecule has 1 aromatic carbocycles. The zero-order valence-corrected chi connectivity index (χ0v) is 9.82. The topological polar surface area (TPSA) is 38.1 Å². The zero-order chi connectivity index (χ0) is 11.6. The third kappa shape index (κ3) is 2.63. The van der Waals surface area contributed by atoms with Crippen LogP contribution in [0.25, 0.3) is 11.3 Å². The lowest BCUT2D eigenvalue weighted by Gasteiger charge is -2.22. The lowest BCUT2D eigenvalue weighted by Crippen LogP contribution is -2.25. The van der Waals surface area contributed by atoms with Gasteiger partial charge in [-0.2, -0.15) is 0 Å². The first kappa shape index (κ1) is 10.7. The minimum absolute atomic E-state index is 0.0771. The summed E-state index contributed by atoms with van der Waals surface area (Å²) in [4.78, 5) is 3.90. The van der Waals surface area contributed by atoms with Crippen LogP contribution in [0.1, 0.15) is 20.8 Å². The molecule has 84 valence electrons. The van der Waals surface area contributed by atoms with Gasteiger partial charge >= 0.3 is 0 Å². The third-order valence-electron chi connectivity index (χ3n) is 2.12. The van der Waals surface area contributed by atoms with Crippen molar-refractivity contribution in [2.45, 2.75) is 26.3 Å². The van der Waals surface area contributed by atoms with E-state index in [4.69, 9.17) is 4.42 Å². The summed E-state index contributed by atoms with van der Waals surface area (Å²) in [7, 11) is 0. The third-order valence-corrected chi connectivity index (χ3v) is 2.12. The van der Waals surface area contributed by atoms with Crippen molar-refractivity contribution in [2.75, 3.05) is 5.32 Å². The molecule has 1 heterocycles.